The summed E-state index contributed by atoms with van der Waals surface area (Å²) in [5.74, 6) is 1.22. The molecule has 0 saturated heterocycles. The average molecular weight is 195 g/mol. The Kier molecular flexibility index (Phi) is 3.79. The number of nitrogens with zero attached hydrogens (tertiary/aromatic N) is 1. The normalized spacial score (nSPS) is 10.4. The number of hydrogen-bond acceptors (Lipinski definition) is 4. The van der Waals surface area contributed by atoms with Crippen molar-refractivity contribution in [2.75, 3.05) is 13.7 Å². The molecule has 0 radical (unpaired) electrons. The number of benzene rings is 1. The van der Waals surface area contributed by atoms with Crippen molar-refractivity contribution in [1.29, 1.82) is 0 Å². The molecule has 0 spiro atoms. The van der Waals surface area contributed by atoms with Gasteiger partial charge in [0.25, 0.3) is 0 Å². The molecule has 0 heterocycles. The van der Waals surface area contributed by atoms with Crippen LogP contribution in [0, 0.1) is 0 Å². The van der Waals surface area contributed by atoms with Crippen molar-refractivity contribution < 1.29 is 14.7 Å². The molecule has 76 valence electrons. The van der Waals surface area contributed by atoms with Crippen molar-refractivity contribution in [3.05, 3.63) is 23.8 Å². The number of methoxy groups -OCH3 is 1. The minimum absolute atomic E-state index is 0.566. The summed E-state index contributed by atoms with van der Waals surface area (Å²) in [6, 6.07) is 5.39. The highest BCUT2D eigenvalue weighted by Gasteiger charge is 2.07. The molecule has 0 aliphatic rings. The summed E-state index contributed by atoms with van der Waals surface area (Å²) in [5, 5.41) is 11.4. The lowest BCUT2D eigenvalue weighted by molar-refractivity contribution is 0.309. The molecule has 4 heteroatoms. The maximum absolute atomic E-state index is 8.43. The minimum atomic E-state index is 0.566. The monoisotopic (exact) mass is 195 g/mol. The molecule has 0 aromatic heterocycles. The molecule has 0 saturated carbocycles. The minimum Gasteiger partial charge on any atom is -0.492 e. The van der Waals surface area contributed by atoms with E-state index in [1.54, 1.807) is 19.2 Å². The van der Waals surface area contributed by atoms with E-state index in [0.717, 1.165) is 0 Å². The van der Waals surface area contributed by atoms with E-state index in [1.807, 2.05) is 13.0 Å². The predicted molar refractivity (Wildman–Crippen MR) is 53.5 cm³/mol. The van der Waals surface area contributed by atoms with Gasteiger partial charge in [-0.25, -0.2) is 0 Å². The molecule has 1 aromatic carbocycles. The van der Waals surface area contributed by atoms with Gasteiger partial charge in [0, 0.05) is 5.56 Å². The van der Waals surface area contributed by atoms with Crippen molar-refractivity contribution in [1.82, 2.24) is 0 Å². The van der Waals surface area contributed by atoms with E-state index in [1.165, 1.54) is 6.21 Å². The van der Waals surface area contributed by atoms with Crippen LogP contribution in [0.4, 0.5) is 0 Å². The molecule has 0 unspecified atom stereocenters. The Bertz CT molecular complexity index is 323. The van der Waals surface area contributed by atoms with Gasteiger partial charge in [-0.1, -0.05) is 11.2 Å². The summed E-state index contributed by atoms with van der Waals surface area (Å²) >= 11 is 0. The van der Waals surface area contributed by atoms with Gasteiger partial charge in [-0.3, -0.25) is 0 Å². The summed E-state index contributed by atoms with van der Waals surface area (Å²) < 4.78 is 10.5. The van der Waals surface area contributed by atoms with Crippen molar-refractivity contribution >= 4 is 6.21 Å². The molecule has 0 amide bonds. The van der Waals surface area contributed by atoms with Gasteiger partial charge in [0.2, 0.25) is 0 Å². The van der Waals surface area contributed by atoms with Crippen molar-refractivity contribution in [3.63, 3.8) is 0 Å². The molecule has 0 bridgehead atoms. The molecular weight excluding hydrogens is 182 g/mol. The van der Waals surface area contributed by atoms with E-state index >= 15 is 0 Å². The second-order valence-corrected chi connectivity index (χ2v) is 2.56. The smallest absolute Gasteiger partial charge is 0.169 e. The number of rotatable bonds is 4. The molecule has 0 atom stereocenters. The van der Waals surface area contributed by atoms with Gasteiger partial charge in [-0.2, -0.15) is 0 Å². The molecule has 0 aliphatic heterocycles. The molecule has 14 heavy (non-hydrogen) atoms. The van der Waals surface area contributed by atoms with Crippen LogP contribution in [0.2, 0.25) is 0 Å². The van der Waals surface area contributed by atoms with Crippen molar-refractivity contribution in [2.24, 2.45) is 5.16 Å². The molecule has 1 N–H and O–H groups in total. The highest BCUT2D eigenvalue weighted by Crippen LogP contribution is 2.29. The van der Waals surface area contributed by atoms with Gasteiger partial charge in [-0.15, -0.1) is 0 Å². The van der Waals surface area contributed by atoms with Crippen LogP contribution in [0.5, 0.6) is 11.5 Å². The Morgan fingerprint density at radius 1 is 1.50 bits per heavy atom. The van der Waals surface area contributed by atoms with E-state index in [0.29, 0.717) is 23.7 Å². The first kappa shape index (κ1) is 10.4. The van der Waals surface area contributed by atoms with Gasteiger partial charge in [0.05, 0.1) is 19.9 Å². The maximum atomic E-state index is 8.43. The van der Waals surface area contributed by atoms with E-state index in [4.69, 9.17) is 14.7 Å². The zero-order chi connectivity index (χ0) is 10.4. The standard InChI is InChI=1S/C10H13NO3/c1-3-14-9-6-4-5-8(7-11-12)10(9)13-2/h4-7,12H,3H2,1-2H3. The quantitative estimate of drug-likeness (QED) is 0.453. The van der Waals surface area contributed by atoms with Crippen LogP contribution in [0.3, 0.4) is 0 Å². The van der Waals surface area contributed by atoms with Crippen LogP contribution in [0.15, 0.2) is 23.4 Å². The van der Waals surface area contributed by atoms with Gasteiger partial charge in [0.15, 0.2) is 11.5 Å². The molecule has 1 aromatic rings. The summed E-state index contributed by atoms with van der Waals surface area (Å²) in [6.07, 6.45) is 1.31. The number of ether oxygens (including phenoxy) is 2. The zero-order valence-corrected chi connectivity index (χ0v) is 8.23. The second-order valence-electron chi connectivity index (χ2n) is 2.56. The number of hydrogen-bond donors (Lipinski definition) is 1. The molecular formula is C10H13NO3. The third kappa shape index (κ3) is 2.16. The van der Waals surface area contributed by atoms with E-state index in [-0.39, 0.29) is 0 Å². The lowest BCUT2D eigenvalue weighted by Crippen LogP contribution is -1.98. The lowest BCUT2D eigenvalue weighted by Gasteiger charge is -2.10. The first-order valence-electron chi connectivity index (χ1n) is 4.30. The summed E-state index contributed by atoms with van der Waals surface area (Å²) in [5.41, 5.74) is 0.681. The zero-order valence-electron chi connectivity index (χ0n) is 8.23. The number of oxime groups is 1. The number of para-hydroxylation sites is 1. The summed E-state index contributed by atoms with van der Waals surface area (Å²) in [4.78, 5) is 0. The third-order valence-corrected chi connectivity index (χ3v) is 1.71. The van der Waals surface area contributed by atoms with E-state index in [9.17, 15) is 0 Å². The lowest BCUT2D eigenvalue weighted by atomic mass is 10.2. The van der Waals surface area contributed by atoms with Crippen molar-refractivity contribution in [2.45, 2.75) is 6.92 Å². The fourth-order valence-electron chi connectivity index (χ4n) is 1.18. The van der Waals surface area contributed by atoms with Crippen molar-refractivity contribution in [3.8, 4) is 11.5 Å². The highest BCUT2D eigenvalue weighted by molar-refractivity contribution is 5.84. The predicted octanol–water partition coefficient (Wildman–Crippen LogP) is 1.90. The van der Waals surface area contributed by atoms with Crippen LogP contribution in [-0.2, 0) is 0 Å². The average Bonchev–Trinajstić information content (AvgIpc) is 2.19. The van der Waals surface area contributed by atoms with Gasteiger partial charge < -0.3 is 14.7 Å². The molecule has 1 rings (SSSR count). The SMILES string of the molecule is CCOc1cccc(C=NO)c1OC. The molecule has 0 aliphatic carbocycles. The van der Waals surface area contributed by atoms with Gasteiger partial charge in [-0.05, 0) is 19.1 Å². The topological polar surface area (TPSA) is 51.0 Å². The first-order valence-corrected chi connectivity index (χ1v) is 4.30. The summed E-state index contributed by atoms with van der Waals surface area (Å²) in [7, 11) is 1.55. The van der Waals surface area contributed by atoms with Crippen LogP contribution in [-0.4, -0.2) is 25.1 Å². The second kappa shape index (κ2) is 5.11. The Morgan fingerprint density at radius 3 is 2.86 bits per heavy atom. The first-order chi connectivity index (χ1) is 6.83. The molecule has 0 fully saturated rings. The third-order valence-electron chi connectivity index (χ3n) is 1.71. The largest absolute Gasteiger partial charge is 0.492 e. The van der Waals surface area contributed by atoms with E-state index < -0.39 is 0 Å². The highest BCUT2D eigenvalue weighted by atomic mass is 16.5. The van der Waals surface area contributed by atoms with E-state index in [2.05, 4.69) is 5.16 Å². The Labute approximate surface area is 82.8 Å². The maximum Gasteiger partial charge on any atom is 0.169 e. The van der Waals surface area contributed by atoms with Crippen LogP contribution < -0.4 is 9.47 Å². The molecule has 4 nitrogen and oxygen atoms in total. The summed E-state index contributed by atoms with van der Waals surface area (Å²) in [6.45, 7) is 2.46. The Hall–Kier alpha value is -1.71. The Morgan fingerprint density at radius 2 is 2.29 bits per heavy atom. The van der Waals surface area contributed by atoms with Crippen LogP contribution in [0.1, 0.15) is 12.5 Å². The fraction of sp³-hybridized carbons (Fsp3) is 0.300. The Balaban J connectivity index is 3.10. The van der Waals surface area contributed by atoms with Gasteiger partial charge in [0.1, 0.15) is 0 Å². The van der Waals surface area contributed by atoms with Gasteiger partial charge >= 0.3 is 0 Å². The van der Waals surface area contributed by atoms with Crippen LogP contribution in [0.25, 0.3) is 0 Å². The van der Waals surface area contributed by atoms with Crippen LogP contribution >= 0.6 is 0 Å². The fourth-order valence-corrected chi connectivity index (χ4v) is 1.18.